The molecular weight excluding hydrogens is 544 g/mol. The van der Waals surface area contributed by atoms with Gasteiger partial charge in [-0.1, -0.05) is 12.1 Å². The van der Waals surface area contributed by atoms with E-state index in [1.165, 1.54) is 36.4 Å². The number of aromatic hydroxyl groups is 5. The molecule has 13 nitrogen and oxygen atoms in total. The molecule has 1 aromatic heterocycles. The average molecular weight is 571 g/mol. The Balaban J connectivity index is 1.68. The van der Waals surface area contributed by atoms with Crippen molar-refractivity contribution in [2.75, 3.05) is 6.61 Å². The molecule has 0 bridgehead atoms. The van der Waals surface area contributed by atoms with Crippen LogP contribution in [0.3, 0.4) is 0 Å². The molecule has 41 heavy (non-hydrogen) atoms. The summed E-state index contributed by atoms with van der Waals surface area (Å²) in [6.07, 6.45) is -8.25. The van der Waals surface area contributed by atoms with Crippen molar-refractivity contribution in [2.24, 2.45) is 0 Å². The Morgan fingerprint density at radius 1 is 0.805 bits per heavy atom. The van der Waals surface area contributed by atoms with Gasteiger partial charge < -0.3 is 59.8 Å². The van der Waals surface area contributed by atoms with Crippen molar-refractivity contribution in [3.8, 4) is 45.8 Å². The lowest BCUT2D eigenvalue weighted by Crippen LogP contribution is -2.60. The number of hydrogen-bond donors (Lipinski definition) is 9. The lowest BCUT2D eigenvalue weighted by atomic mass is 9.98. The van der Waals surface area contributed by atoms with E-state index in [-0.39, 0.29) is 34.6 Å². The monoisotopic (exact) mass is 570 g/mol. The Morgan fingerprint density at radius 3 is 2.17 bits per heavy atom. The fourth-order valence-electron chi connectivity index (χ4n) is 4.59. The minimum absolute atomic E-state index is 0.0147. The van der Waals surface area contributed by atoms with Gasteiger partial charge >= 0.3 is 0 Å². The van der Waals surface area contributed by atoms with E-state index in [4.69, 9.17) is 13.9 Å². The third-order valence-corrected chi connectivity index (χ3v) is 6.84. The van der Waals surface area contributed by atoms with Gasteiger partial charge in [0.25, 0.3) is 0 Å². The minimum Gasteiger partial charge on any atom is -0.508 e. The highest BCUT2D eigenvalue weighted by atomic mass is 16.7. The Morgan fingerprint density at radius 2 is 1.51 bits per heavy atom. The van der Waals surface area contributed by atoms with E-state index in [0.717, 1.165) is 12.1 Å². The first-order chi connectivity index (χ1) is 19.5. The summed E-state index contributed by atoms with van der Waals surface area (Å²) in [5.74, 6) is -3.17. The molecule has 3 aromatic carbocycles. The Hall–Kier alpha value is -4.53. The van der Waals surface area contributed by atoms with Crippen LogP contribution in [-0.2, 0) is 11.2 Å². The highest BCUT2D eigenvalue weighted by Gasteiger charge is 2.45. The first-order valence-corrected chi connectivity index (χ1v) is 12.3. The SMILES string of the molecule is O=c1c(O)c(-c2ccc(O)c(O)c2)oc2cc(O[C@@H]3O[C@H](CO)[C@@H](O)[C@H](O)[C@H]3O)c(Cc3ccc(O)cc3)c(O)c12. The molecule has 1 saturated heterocycles. The zero-order chi connectivity index (χ0) is 29.6. The summed E-state index contributed by atoms with van der Waals surface area (Å²) >= 11 is 0. The maximum atomic E-state index is 13.2. The molecule has 9 N–H and O–H groups in total. The second kappa shape index (κ2) is 10.8. The summed E-state index contributed by atoms with van der Waals surface area (Å²) in [6, 6.07) is 10.5. The molecule has 0 saturated carbocycles. The quantitative estimate of drug-likeness (QED) is 0.146. The van der Waals surface area contributed by atoms with Gasteiger partial charge in [-0.15, -0.1) is 0 Å². The minimum atomic E-state index is -1.80. The second-order valence-corrected chi connectivity index (χ2v) is 9.55. The third kappa shape index (κ3) is 5.08. The molecule has 1 fully saturated rings. The van der Waals surface area contributed by atoms with Crippen molar-refractivity contribution in [3.05, 3.63) is 69.9 Å². The van der Waals surface area contributed by atoms with E-state index in [9.17, 15) is 50.8 Å². The van der Waals surface area contributed by atoms with Crippen LogP contribution in [0, 0.1) is 0 Å². The molecular formula is C28H26O13. The van der Waals surface area contributed by atoms with E-state index in [1.54, 1.807) is 0 Å². The number of benzene rings is 3. The standard InChI is InChI=1S/C28H26O13/c29-10-19-22(34)24(36)26(38)28(41-19)40-17-9-18-20(21(33)14(17)7-11-1-4-13(30)5-2-11)23(35)25(37)27(39-18)12-3-6-15(31)16(32)8-12/h1-6,8-9,19,22,24,26,28-34,36-38H,7,10H2/t19-,22-,24+,26-,28-/m1/s1. The summed E-state index contributed by atoms with van der Waals surface area (Å²) in [4.78, 5) is 13.2. The maximum absolute atomic E-state index is 13.2. The molecule has 0 aliphatic carbocycles. The largest absolute Gasteiger partial charge is 0.508 e. The fraction of sp³-hybridized carbons (Fsp3) is 0.250. The van der Waals surface area contributed by atoms with Gasteiger partial charge in [-0.25, -0.2) is 0 Å². The zero-order valence-corrected chi connectivity index (χ0v) is 21.1. The number of phenols is 4. The number of aliphatic hydroxyl groups excluding tert-OH is 4. The van der Waals surface area contributed by atoms with Gasteiger partial charge in [0.05, 0.1) is 6.61 Å². The average Bonchev–Trinajstić information content (AvgIpc) is 2.95. The van der Waals surface area contributed by atoms with Crippen molar-refractivity contribution >= 4 is 11.0 Å². The van der Waals surface area contributed by atoms with Crippen LogP contribution < -0.4 is 10.2 Å². The topological polar surface area (TPSA) is 231 Å². The molecule has 0 unspecified atom stereocenters. The van der Waals surface area contributed by atoms with Gasteiger partial charge in [0.15, 0.2) is 17.3 Å². The van der Waals surface area contributed by atoms with Crippen molar-refractivity contribution in [1.82, 2.24) is 0 Å². The van der Waals surface area contributed by atoms with Crippen LogP contribution in [-0.4, -0.2) is 83.3 Å². The molecule has 0 amide bonds. The molecule has 1 aliphatic rings. The van der Waals surface area contributed by atoms with E-state index in [2.05, 4.69) is 0 Å². The summed E-state index contributed by atoms with van der Waals surface area (Å²) in [5, 5.41) is 91.0. The summed E-state index contributed by atoms with van der Waals surface area (Å²) in [7, 11) is 0. The van der Waals surface area contributed by atoms with E-state index < -0.39 is 76.9 Å². The maximum Gasteiger partial charge on any atom is 0.238 e. The van der Waals surface area contributed by atoms with E-state index in [1.807, 2.05) is 0 Å². The molecule has 13 heteroatoms. The van der Waals surface area contributed by atoms with Crippen LogP contribution in [0.2, 0.25) is 0 Å². The van der Waals surface area contributed by atoms with E-state index in [0.29, 0.717) is 5.56 Å². The van der Waals surface area contributed by atoms with Crippen LogP contribution in [0.1, 0.15) is 11.1 Å². The van der Waals surface area contributed by atoms with Crippen LogP contribution in [0.25, 0.3) is 22.3 Å². The second-order valence-electron chi connectivity index (χ2n) is 9.55. The van der Waals surface area contributed by atoms with E-state index >= 15 is 0 Å². The van der Waals surface area contributed by atoms with Crippen molar-refractivity contribution < 1.29 is 59.8 Å². The van der Waals surface area contributed by atoms with Gasteiger partial charge in [0, 0.05) is 23.6 Å². The molecule has 2 heterocycles. The van der Waals surface area contributed by atoms with Crippen LogP contribution in [0.5, 0.6) is 34.5 Å². The lowest BCUT2D eigenvalue weighted by molar-refractivity contribution is -0.277. The summed E-state index contributed by atoms with van der Waals surface area (Å²) < 4.78 is 17.0. The van der Waals surface area contributed by atoms with Gasteiger partial charge in [-0.2, -0.15) is 0 Å². The van der Waals surface area contributed by atoms with Crippen LogP contribution in [0.15, 0.2) is 57.7 Å². The van der Waals surface area contributed by atoms with Crippen molar-refractivity contribution in [1.29, 1.82) is 0 Å². The van der Waals surface area contributed by atoms with Gasteiger partial charge in [-0.05, 0) is 35.9 Å². The van der Waals surface area contributed by atoms with Gasteiger partial charge in [-0.3, -0.25) is 4.79 Å². The summed E-state index contributed by atoms with van der Waals surface area (Å²) in [6.45, 7) is -0.717. The molecule has 5 rings (SSSR count). The zero-order valence-electron chi connectivity index (χ0n) is 21.1. The number of aliphatic hydroxyl groups is 4. The smallest absolute Gasteiger partial charge is 0.238 e. The number of fused-ring (bicyclic) bond motifs is 1. The highest BCUT2D eigenvalue weighted by molar-refractivity contribution is 5.90. The van der Waals surface area contributed by atoms with Gasteiger partial charge in [0.1, 0.15) is 52.6 Å². The molecule has 216 valence electrons. The van der Waals surface area contributed by atoms with Crippen LogP contribution >= 0.6 is 0 Å². The number of hydrogen-bond acceptors (Lipinski definition) is 13. The number of phenolic OH excluding ortho intramolecular Hbond substituents is 4. The fourth-order valence-corrected chi connectivity index (χ4v) is 4.59. The molecule has 4 aromatic rings. The van der Waals surface area contributed by atoms with Crippen molar-refractivity contribution in [2.45, 2.75) is 37.1 Å². The van der Waals surface area contributed by atoms with Crippen LogP contribution in [0.4, 0.5) is 0 Å². The normalized spacial score (nSPS) is 22.6. The molecule has 0 radical (unpaired) electrons. The Bertz CT molecular complexity index is 1640. The first-order valence-electron chi connectivity index (χ1n) is 12.3. The van der Waals surface area contributed by atoms with Crippen molar-refractivity contribution in [3.63, 3.8) is 0 Å². The summed E-state index contributed by atoms with van der Waals surface area (Å²) in [5.41, 5.74) is -0.789. The Kier molecular flexibility index (Phi) is 7.38. The van der Waals surface area contributed by atoms with Gasteiger partial charge in [0.2, 0.25) is 17.5 Å². The molecule has 0 spiro atoms. The predicted molar refractivity (Wildman–Crippen MR) is 140 cm³/mol. The first kappa shape index (κ1) is 28.0. The molecule has 5 atom stereocenters. The third-order valence-electron chi connectivity index (χ3n) is 6.84. The number of ether oxygens (including phenoxy) is 2. The number of rotatable bonds is 6. The lowest BCUT2D eigenvalue weighted by Gasteiger charge is -2.39. The highest BCUT2D eigenvalue weighted by Crippen LogP contribution is 2.42. The Labute approximate surface area is 230 Å². The molecule has 1 aliphatic heterocycles. The predicted octanol–water partition coefficient (Wildman–Crippen LogP) is 0.757.